The molecule has 0 aromatic heterocycles. The van der Waals surface area contributed by atoms with Crippen LogP contribution in [0.5, 0.6) is 0 Å². The smallest absolute Gasteiger partial charge is 0.253 e. The summed E-state index contributed by atoms with van der Waals surface area (Å²) in [6.45, 7) is 1.78. The van der Waals surface area contributed by atoms with E-state index in [9.17, 15) is 4.79 Å². The molecule has 0 spiro atoms. The number of rotatable bonds is 4. The quantitative estimate of drug-likeness (QED) is 0.627. The SMILES string of the molecule is Cl.NC(=NC1CCCC1)SCc1cccc(C(=O)N2CCCCC2)c1. The summed E-state index contributed by atoms with van der Waals surface area (Å²) in [4.78, 5) is 19.2. The van der Waals surface area contributed by atoms with Crippen molar-refractivity contribution in [2.24, 2.45) is 10.7 Å². The lowest BCUT2D eigenvalue weighted by Gasteiger charge is -2.26. The fourth-order valence-electron chi connectivity index (χ4n) is 3.48. The fraction of sp³-hybridized carbons (Fsp3) is 0.579. The predicted molar refractivity (Wildman–Crippen MR) is 109 cm³/mol. The first kappa shape index (κ1) is 20.1. The molecule has 6 heteroatoms. The van der Waals surface area contributed by atoms with Crippen LogP contribution in [0.4, 0.5) is 0 Å². The summed E-state index contributed by atoms with van der Waals surface area (Å²) in [6.07, 6.45) is 8.35. The minimum Gasteiger partial charge on any atom is -0.379 e. The monoisotopic (exact) mass is 381 g/mol. The summed E-state index contributed by atoms with van der Waals surface area (Å²) in [7, 11) is 0. The third-order valence-electron chi connectivity index (χ3n) is 4.84. The van der Waals surface area contributed by atoms with E-state index >= 15 is 0 Å². The Morgan fingerprint density at radius 1 is 1.16 bits per heavy atom. The van der Waals surface area contributed by atoms with Gasteiger partial charge in [0.15, 0.2) is 5.17 Å². The standard InChI is InChI=1S/C19H27N3OS.ClH/c20-19(21-17-9-2-3-10-17)24-14-15-7-6-8-16(13-15)18(23)22-11-4-1-5-12-22;/h6-8,13,17H,1-5,9-12,14H2,(H2,20,21);1H. The second-order valence-corrected chi connectivity index (χ2v) is 7.74. The zero-order chi connectivity index (χ0) is 16.8. The molecule has 138 valence electrons. The molecule has 0 atom stereocenters. The number of hydrogen-bond acceptors (Lipinski definition) is 3. The largest absolute Gasteiger partial charge is 0.379 e. The second-order valence-electron chi connectivity index (χ2n) is 6.75. The van der Waals surface area contributed by atoms with Gasteiger partial charge >= 0.3 is 0 Å². The van der Waals surface area contributed by atoms with Crippen molar-refractivity contribution < 1.29 is 4.79 Å². The summed E-state index contributed by atoms with van der Waals surface area (Å²) >= 11 is 1.58. The van der Waals surface area contributed by atoms with Gasteiger partial charge in [-0.2, -0.15) is 0 Å². The molecule has 0 bridgehead atoms. The molecule has 1 saturated heterocycles. The van der Waals surface area contributed by atoms with E-state index in [2.05, 4.69) is 11.1 Å². The molecule has 2 N–H and O–H groups in total. The maximum absolute atomic E-state index is 12.6. The lowest BCUT2D eigenvalue weighted by molar-refractivity contribution is 0.0724. The van der Waals surface area contributed by atoms with E-state index in [-0.39, 0.29) is 18.3 Å². The zero-order valence-corrected chi connectivity index (χ0v) is 16.3. The van der Waals surface area contributed by atoms with E-state index in [0.29, 0.717) is 11.2 Å². The number of likely N-dealkylation sites (tertiary alicyclic amines) is 1. The number of amidine groups is 1. The van der Waals surface area contributed by atoms with Crippen LogP contribution in [0, 0.1) is 0 Å². The molecule has 1 aromatic rings. The Balaban J connectivity index is 0.00000225. The first-order valence-corrected chi connectivity index (χ1v) is 10.1. The summed E-state index contributed by atoms with van der Waals surface area (Å²) in [5, 5.41) is 0.676. The maximum atomic E-state index is 12.6. The average molecular weight is 382 g/mol. The molecule has 4 nitrogen and oxygen atoms in total. The van der Waals surface area contributed by atoms with Crippen molar-refractivity contribution in [3.8, 4) is 0 Å². The number of halogens is 1. The summed E-state index contributed by atoms with van der Waals surface area (Å²) in [5.41, 5.74) is 7.98. The first-order valence-electron chi connectivity index (χ1n) is 9.06. The number of nitrogens with two attached hydrogens (primary N) is 1. The van der Waals surface area contributed by atoms with Crippen LogP contribution in [0.1, 0.15) is 60.9 Å². The highest BCUT2D eigenvalue weighted by Gasteiger charge is 2.18. The van der Waals surface area contributed by atoms with E-state index in [1.807, 2.05) is 23.1 Å². The summed E-state index contributed by atoms with van der Waals surface area (Å²) in [5.74, 6) is 0.928. The number of benzene rings is 1. The average Bonchev–Trinajstić information content (AvgIpc) is 3.13. The van der Waals surface area contributed by atoms with Crippen molar-refractivity contribution in [1.29, 1.82) is 0 Å². The summed E-state index contributed by atoms with van der Waals surface area (Å²) < 4.78 is 0. The normalized spacial score (nSPS) is 18.9. The molecular weight excluding hydrogens is 354 g/mol. The lowest BCUT2D eigenvalue weighted by atomic mass is 10.1. The molecule has 1 aromatic carbocycles. The van der Waals surface area contributed by atoms with Gasteiger partial charge in [-0.3, -0.25) is 9.79 Å². The molecule has 2 fully saturated rings. The maximum Gasteiger partial charge on any atom is 0.253 e. The van der Waals surface area contributed by atoms with Crippen molar-refractivity contribution >= 4 is 35.2 Å². The lowest BCUT2D eigenvalue weighted by Crippen LogP contribution is -2.35. The highest BCUT2D eigenvalue weighted by atomic mass is 35.5. The number of thioether (sulfide) groups is 1. The number of carbonyl (C=O) groups is 1. The molecule has 0 unspecified atom stereocenters. The van der Waals surface area contributed by atoms with Gasteiger partial charge in [0.2, 0.25) is 0 Å². The van der Waals surface area contributed by atoms with Crippen LogP contribution in [-0.4, -0.2) is 35.1 Å². The summed E-state index contributed by atoms with van der Waals surface area (Å²) in [6, 6.07) is 8.37. The Labute approximate surface area is 161 Å². The molecular formula is C19H28ClN3OS. The van der Waals surface area contributed by atoms with Crippen LogP contribution in [-0.2, 0) is 5.75 Å². The van der Waals surface area contributed by atoms with Gasteiger partial charge in [0, 0.05) is 24.4 Å². The number of piperidine rings is 1. The van der Waals surface area contributed by atoms with Crippen LogP contribution in [0.25, 0.3) is 0 Å². The molecule has 25 heavy (non-hydrogen) atoms. The van der Waals surface area contributed by atoms with Crippen molar-refractivity contribution in [3.05, 3.63) is 35.4 Å². The Hall–Kier alpha value is -1.20. The molecule has 3 rings (SSSR count). The van der Waals surface area contributed by atoms with Crippen molar-refractivity contribution in [2.45, 2.75) is 56.7 Å². The second kappa shape index (κ2) is 10.1. The van der Waals surface area contributed by atoms with Gasteiger partial charge in [0.05, 0.1) is 6.04 Å². The van der Waals surface area contributed by atoms with E-state index in [1.54, 1.807) is 11.8 Å². The highest BCUT2D eigenvalue weighted by molar-refractivity contribution is 8.13. The van der Waals surface area contributed by atoms with Crippen molar-refractivity contribution in [3.63, 3.8) is 0 Å². The molecule has 2 aliphatic rings. The molecule has 1 heterocycles. The topological polar surface area (TPSA) is 58.7 Å². The van der Waals surface area contributed by atoms with Crippen LogP contribution in [0.3, 0.4) is 0 Å². The minimum absolute atomic E-state index is 0. The van der Waals surface area contributed by atoms with Crippen LogP contribution in [0.2, 0.25) is 0 Å². The first-order chi connectivity index (χ1) is 11.7. The van der Waals surface area contributed by atoms with Crippen molar-refractivity contribution in [2.75, 3.05) is 13.1 Å². The Morgan fingerprint density at radius 2 is 1.88 bits per heavy atom. The molecule has 0 radical (unpaired) electrons. The third kappa shape index (κ3) is 5.93. The fourth-order valence-corrected chi connectivity index (χ4v) is 4.20. The van der Waals surface area contributed by atoms with Gasteiger partial charge in [-0.25, -0.2) is 0 Å². The van der Waals surface area contributed by atoms with Gasteiger partial charge in [0.1, 0.15) is 0 Å². The van der Waals surface area contributed by atoms with Gasteiger partial charge in [-0.1, -0.05) is 36.7 Å². The Morgan fingerprint density at radius 3 is 2.60 bits per heavy atom. The van der Waals surface area contributed by atoms with Crippen molar-refractivity contribution in [1.82, 2.24) is 4.90 Å². The van der Waals surface area contributed by atoms with E-state index in [0.717, 1.165) is 42.8 Å². The number of aliphatic imine (C=N–C) groups is 1. The van der Waals surface area contributed by atoms with Crippen LogP contribution < -0.4 is 5.73 Å². The minimum atomic E-state index is 0. The number of hydrogen-bond donors (Lipinski definition) is 1. The molecule has 1 aliphatic heterocycles. The molecule has 1 aliphatic carbocycles. The Bertz CT molecular complexity index is 596. The van der Waals surface area contributed by atoms with E-state index in [4.69, 9.17) is 5.73 Å². The predicted octanol–water partition coefficient (Wildman–Crippen LogP) is 4.23. The van der Waals surface area contributed by atoms with Crippen LogP contribution in [0.15, 0.2) is 29.3 Å². The zero-order valence-electron chi connectivity index (χ0n) is 14.7. The highest BCUT2D eigenvalue weighted by Crippen LogP contribution is 2.23. The van der Waals surface area contributed by atoms with E-state index < -0.39 is 0 Å². The van der Waals surface area contributed by atoms with Gasteiger partial charge < -0.3 is 10.6 Å². The van der Waals surface area contributed by atoms with Crippen LogP contribution >= 0.6 is 24.2 Å². The molecule has 1 saturated carbocycles. The number of amides is 1. The van der Waals surface area contributed by atoms with Gasteiger partial charge in [0.25, 0.3) is 5.91 Å². The third-order valence-corrected chi connectivity index (χ3v) is 5.72. The number of carbonyl (C=O) groups excluding carboxylic acids is 1. The molecule has 1 amide bonds. The number of nitrogens with zero attached hydrogens (tertiary/aromatic N) is 2. The van der Waals surface area contributed by atoms with E-state index in [1.165, 1.54) is 32.1 Å². The van der Waals surface area contributed by atoms with Gasteiger partial charge in [-0.05, 0) is 49.8 Å². The Kier molecular flexibility index (Phi) is 8.10. The van der Waals surface area contributed by atoms with Gasteiger partial charge in [-0.15, -0.1) is 12.4 Å².